The maximum absolute atomic E-state index is 12.0. The van der Waals surface area contributed by atoms with E-state index in [1.54, 1.807) is 7.05 Å². The Bertz CT molecular complexity index is 591. The van der Waals surface area contributed by atoms with Crippen LogP contribution in [0.5, 0.6) is 5.75 Å². The smallest absolute Gasteiger partial charge is 0.247 e. The first-order valence-corrected chi connectivity index (χ1v) is 6.61. The maximum Gasteiger partial charge on any atom is 0.247 e. The van der Waals surface area contributed by atoms with Crippen LogP contribution in [-0.2, 0) is 4.79 Å². The van der Waals surface area contributed by atoms with Crippen molar-refractivity contribution >= 4 is 11.6 Å². The topological polar surface area (TPSA) is 55.6 Å². The summed E-state index contributed by atoms with van der Waals surface area (Å²) in [7, 11) is 1.71. The van der Waals surface area contributed by atoms with Crippen LogP contribution in [0, 0.1) is 17.3 Å². The van der Waals surface area contributed by atoms with Crippen LogP contribution in [0.1, 0.15) is 26.3 Å². The number of nitrogens with two attached hydrogens (primary N) is 1. The lowest BCUT2D eigenvalue weighted by Gasteiger charge is -2.17. The van der Waals surface area contributed by atoms with Gasteiger partial charge in [-0.25, -0.2) is 0 Å². The molecule has 1 aliphatic heterocycles. The van der Waals surface area contributed by atoms with Crippen LogP contribution in [-0.4, -0.2) is 25.6 Å². The molecule has 2 N–H and O–H groups in total. The third-order valence-electron chi connectivity index (χ3n) is 2.97. The van der Waals surface area contributed by atoms with Crippen molar-refractivity contribution in [2.45, 2.75) is 26.8 Å². The van der Waals surface area contributed by atoms with E-state index in [1.165, 1.54) is 4.90 Å². The first-order valence-electron chi connectivity index (χ1n) is 6.61. The predicted molar refractivity (Wildman–Crippen MR) is 79.7 cm³/mol. The second-order valence-corrected chi connectivity index (χ2v) is 6.00. The zero-order chi connectivity index (χ0) is 14.9. The summed E-state index contributed by atoms with van der Waals surface area (Å²) in [5.74, 6) is 6.82. The Morgan fingerprint density at radius 2 is 2.10 bits per heavy atom. The normalized spacial score (nSPS) is 18.6. The highest BCUT2D eigenvalue weighted by atomic mass is 16.5. The number of rotatable bonds is 0. The molecule has 0 aromatic heterocycles. The van der Waals surface area contributed by atoms with E-state index in [4.69, 9.17) is 10.5 Å². The molecule has 4 nitrogen and oxygen atoms in total. The molecule has 1 unspecified atom stereocenters. The van der Waals surface area contributed by atoms with Gasteiger partial charge in [0.2, 0.25) is 5.91 Å². The molecule has 1 aromatic rings. The summed E-state index contributed by atoms with van der Waals surface area (Å²) < 4.78 is 5.57. The van der Waals surface area contributed by atoms with Crippen molar-refractivity contribution in [2.75, 3.05) is 18.6 Å². The van der Waals surface area contributed by atoms with Gasteiger partial charge in [0.1, 0.15) is 18.4 Å². The van der Waals surface area contributed by atoms with Gasteiger partial charge in [-0.05, 0) is 39.0 Å². The van der Waals surface area contributed by atoms with Crippen LogP contribution in [0.25, 0.3) is 0 Å². The molecule has 1 amide bonds. The molecule has 0 aliphatic carbocycles. The molecule has 106 valence electrons. The first kappa shape index (κ1) is 14.4. The van der Waals surface area contributed by atoms with Gasteiger partial charge in [0.05, 0.1) is 5.69 Å². The molecule has 1 aliphatic rings. The van der Waals surface area contributed by atoms with Crippen LogP contribution in [0.4, 0.5) is 5.69 Å². The number of carbonyl (C=O) groups excluding carboxylic acids is 1. The molecule has 20 heavy (non-hydrogen) atoms. The van der Waals surface area contributed by atoms with Gasteiger partial charge in [-0.1, -0.05) is 11.8 Å². The number of carbonyl (C=O) groups is 1. The molecule has 0 radical (unpaired) electrons. The third kappa shape index (κ3) is 3.12. The Morgan fingerprint density at radius 1 is 1.40 bits per heavy atom. The number of nitrogens with zero attached hydrogens (tertiary/aromatic N) is 1. The van der Waals surface area contributed by atoms with Crippen molar-refractivity contribution in [1.29, 1.82) is 0 Å². The second kappa shape index (κ2) is 5.18. The van der Waals surface area contributed by atoms with Crippen LogP contribution < -0.4 is 15.4 Å². The molecular formula is C16H20N2O2. The monoisotopic (exact) mass is 272 g/mol. The quantitative estimate of drug-likeness (QED) is 0.732. The Balaban J connectivity index is 2.40. The van der Waals surface area contributed by atoms with Gasteiger partial charge >= 0.3 is 0 Å². The Labute approximate surface area is 119 Å². The van der Waals surface area contributed by atoms with Gasteiger partial charge in [0, 0.05) is 18.0 Å². The van der Waals surface area contributed by atoms with Crippen molar-refractivity contribution in [3.8, 4) is 17.6 Å². The minimum absolute atomic E-state index is 0.0621. The van der Waals surface area contributed by atoms with Crippen LogP contribution in [0.3, 0.4) is 0 Å². The van der Waals surface area contributed by atoms with Gasteiger partial charge in [-0.3, -0.25) is 4.79 Å². The average molecular weight is 272 g/mol. The minimum Gasteiger partial charge on any atom is -0.489 e. The maximum atomic E-state index is 12.0. The fourth-order valence-electron chi connectivity index (χ4n) is 1.86. The molecular weight excluding hydrogens is 252 g/mol. The predicted octanol–water partition coefficient (Wildman–Crippen LogP) is 1.77. The average Bonchev–Trinajstić information content (AvgIpc) is 2.49. The highest BCUT2D eigenvalue weighted by molar-refractivity contribution is 5.98. The van der Waals surface area contributed by atoms with E-state index in [9.17, 15) is 4.79 Å². The van der Waals surface area contributed by atoms with Crippen molar-refractivity contribution in [3.63, 3.8) is 0 Å². The summed E-state index contributed by atoms with van der Waals surface area (Å²) in [6.07, 6.45) is 0. The summed E-state index contributed by atoms with van der Waals surface area (Å²) in [5, 5.41) is 0. The number of hydrogen-bond donors (Lipinski definition) is 1. The molecule has 0 spiro atoms. The number of anilines is 1. The van der Waals surface area contributed by atoms with Crippen molar-refractivity contribution in [3.05, 3.63) is 23.8 Å². The second-order valence-electron chi connectivity index (χ2n) is 6.00. The third-order valence-corrected chi connectivity index (χ3v) is 2.97. The van der Waals surface area contributed by atoms with Gasteiger partial charge in [-0.2, -0.15) is 0 Å². The fourth-order valence-corrected chi connectivity index (χ4v) is 1.86. The van der Waals surface area contributed by atoms with Gasteiger partial charge in [0.15, 0.2) is 0 Å². The Hall–Kier alpha value is -1.99. The van der Waals surface area contributed by atoms with Crippen molar-refractivity contribution in [1.82, 2.24) is 0 Å². The number of fused-ring (bicyclic) bond motifs is 1. The van der Waals surface area contributed by atoms with Crippen molar-refractivity contribution < 1.29 is 9.53 Å². The molecule has 0 saturated heterocycles. The minimum atomic E-state index is -0.628. The SMILES string of the molecule is CN1C(=O)C(N)COc2ccc(C#CC(C)(C)C)cc21. The largest absolute Gasteiger partial charge is 0.489 e. The summed E-state index contributed by atoms with van der Waals surface area (Å²) in [6.45, 7) is 6.37. The molecule has 1 heterocycles. The van der Waals surface area contributed by atoms with Crippen LogP contribution in [0.15, 0.2) is 18.2 Å². The van der Waals surface area contributed by atoms with E-state index < -0.39 is 6.04 Å². The van der Waals surface area contributed by atoms with E-state index >= 15 is 0 Å². The standard InChI is InChI=1S/C16H20N2O2/c1-16(2,3)8-7-11-5-6-14-13(9-11)18(4)15(19)12(17)10-20-14/h5-6,9,12H,10,17H2,1-4H3. The summed E-state index contributed by atoms with van der Waals surface area (Å²) in [6, 6.07) is 4.97. The summed E-state index contributed by atoms with van der Waals surface area (Å²) >= 11 is 0. The zero-order valence-electron chi connectivity index (χ0n) is 12.4. The van der Waals surface area contributed by atoms with Gasteiger partial charge in [0.25, 0.3) is 0 Å². The number of amides is 1. The Morgan fingerprint density at radius 3 is 2.75 bits per heavy atom. The van der Waals surface area contributed by atoms with Crippen LogP contribution >= 0.6 is 0 Å². The lowest BCUT2D eigenvalue weighted by molar-refractivity contribution is -0.119. The summed E-state index contributed by atoms with van der Waals surface area (Å²) in [5.41, 5.74) is 7.27. The van der Waals surface area contributed by atoms with Crippen LogP contribution in [0.2, 0.25) is 0 Å². The van der Waals surface area contributed by atoms with Gasteiger partial charge in [-0.15, -0.1) is 0 Å². The van der Waals surface area contributed by atoms with E-state index in [1.807, 2.05) is 18.2 Å². The molecule has 0 bridgehead atoms. The van der Waals surface area contributed by atoms with E-state index in [2.05, 4.69) is 32.6 Å². The number of ether oxygens (including phenoxy) is 1. The molecule has 4 heteroatoms. The van der Waals surface area contributed by atoms with Gasteiger partial charge < -0.3 is 15.4 Å². The molecule has 1 atom stereocenters. The Kier molecular flexibility index (Phi) is 3.74. The molecule has 2 rings (SSSR count). The molecule has 0 saturated carbocycles. The fraction of sp³-hybridized carbons (Fsp3) is 0.438. The number of benzene rings is 1. The highest BCUT2D eigenvalue weighted by Crippen LogP contribution is 2.31. The molecule has 1 aromatic carbocycles. The highest BCUT2D eigenvalue weighted by Gasteiger charge is 2.26. The first-order chi connectivity index (χ1) is 9.28. The summed E-state index contributed by atoms with van der Waals surface area (Å²) in [4.78, 5) is 13.6. The van der Waals surface area contributed by atoms with E-state index in [0.717, 1.165) is 5.56 Å². The number of likely N-dealkylation sites (N-methyl/N-ethyl adjacent to an activating group) is 1. The van der Waals surface area contributed by atoms with Crippen molar-refractivity contribution in [2.24, 2.45) is 11.1 Å². The lowest BCUT2D eigenvalue weighted by atomic mass is 9.97. The number of hydrogen-bond acceptors (Lipinski definition) is 3. The van der Waals surface area contributed by atoms with E-state index in [0.29, 0.717) is 11.4 Å². The van der Waals surface area contributed by atoms with E-state index in [-0.39, 0.29) is 17.9 Å². The molecule has 0 fully saturated rings. The lowest BCUT2D eigenvalue weighted by Crippen LogP contribution is -2.43. The zero-order valence-corrected chi connectivity index (χ0v) is 12.4.